The Bertz CT molecular complexity index is 712. The molecule has 1 amide bonds. The third-order valence-electron chi connectivity index (χ3n) is 4.80. The Morgan fingerprint density at radius 1 is 1.12 bits per heavy atom. The summed E-state index contributed by atoms with van der Waals surface area (Å²) in [7, 11) is 2.22. The zero-order chi connectivity index (χ0) is 18.4. The highest BCUT2D eigenvalue weighted by atomic mass is 16.5. The SMILES string of the molecule is CC[C@H](Oc1ccccc1)C(=O)Nc1ccccc1N1CC[NH+](C)CC1. The summed E-state index contributed by atoms with van der Waals surface area (Å²) < 4.78 is 5.87. The summed E-state index contributed by atoms with van der Waals surface area (Å²) in [5, 5.41) is 3.08. The van der Waals surface area contributed by atoms with Crippen molar-refractivity contribution in [3.05, 3.63) is 54.6 Å². The predicted molar refractivity (Wildman–Crippen MR) is 105 cm³/mol. The van der Waals surface area contributed by atoms with E-state index in [0.29, 0.717) is 12.2 Å². The fraction of sp³-hybridized carbons (Fsp3) is 0.381. The number of hydrogen-bond acceptors (Lipinski definition) is 3. The van der Waals surface area contributed by atoms with Gasteiger partial charge in [-0.05, 0) is 30.7 Å². The molecule has 3 rings (SSSR count). The van der Waals surface area contributed by atoms with E-state index in [0.717, 1.165) is 37.6 Å². The van der Waals surface area contributed by atoms with Gasteiger partial charge in [0.1, 0.15) is 5.75 Å². The van der Waals surface area contributed by atoms with Crippen LogP contribution < -0.4 is 19.9 Å². The molecular formula is C21H28N3O2+. The molecule has 26 heavy (non-hydrogen) atoms. The van der Waals surface area contributed by atoms with Gasteiger partial charge < -0.3 is 19.9 Å². The van der Waals surface area contributed by atoms with E-state index < -0.39 is 6.10 Å². The number of anilines is 2. The highest BCUT2D eigenvalue weighted by Crippen LogP contribution is 2.26. The van der Waals surface area contributed by atoms with Crippen LogP contribution in [0.25, 0.3) is 0 Å². The molecule has 1 aliphatic heterocycles. The molecule has 1 heterocycles. The minimum atomic E-state index is -0.512. The second-order valence-corrected chi connectivity index (χ2v) is 6.78. The predicted octanol–water partition coefficient (Wildman–Crippen LogP) is 1.82. The van der Waals surface area contributed by atoms with Crippen molar-refractivity contribution in [2.45, 2.75) is 19.4 Å². The van der Waals surface area contributed by atoms with Gasteiger partial charge in [-0.2, -0.15) is 0 Å². The number of para-hydroxylation sites is 3. The zero-order valence-electron chi connectivity index (χ0n) is 15.6. The zero-order valence-corrected chi connectivity index (χ0v) is 15.6. The molecule has 2 aromatic carbocycles. The van der Waals surface area contributed by atoms with Crippen LogP contribution in [0.15, 0.2) is 54.6 Å². The lowest BCUT2D eigenvalue weighted by Crippen LogP contribution is -3.12. The lowest BCUT2D eigenvalue weighted by atomic mass is 10.2. The quantitative estimate of drug-likeness (QED) is 0.832. The summed E-state index contributed by atoms with van der Waals surface area (Å²) in [6.45, 7) is 6.17. The van der Waals surface area contributed by atoms with Crippen molar-refractivity contribution in [2.75, 3.05) is 43.4 Å². The summed E-state index contributed by atoms with van der Waals surface area (Å²) in [6.07, 6.45) is 0.100. The molecule has 2 aromatic rings. The molecule has 0 unspecified atom stereocenters. The van der Waals surface area contributed by atoms with E-state index in [9.17, 15) is 4.79 Å². The van der Waals surface area contributed by atoms with Gasteiger partial charge in [0, 0.05) is 0 Å². The number of amides is 1. The van der Waals surface area contributed by atoms with Gasteiger partial charge in [0.2, 0.25) is 0 Å². The van der Waals surface area contributed by atoms with Gasteiger partial charge in [-0.1, -0.05) is 37.3 Å². The third-order valence-corrected chi connectivity index (χ3v) is 4.80. The summed E-state index contributed by atoms with van der Waals surface area (Å²) in [6, 6.07) is 17.5. The first-order valence-corrected chi connectivity index (χ1v) is 9.35. The Hall–Kier alpha value is -2.53. The number of ether oxygens (including phenoxy) is 1. The number of rotatable bonds is 6. The van der Waals surface area contributed by atoms with Crippen molar-refractivity contribution in [3.8, 4) is 5.75 Å². The van der Waals surface area contributed by atoms with Gasteiger partial charge in [0.15, 0.2) is 6.10 Å². The molecule has 0 aromatic heterocycles. The van der Waals surface area contributed by atoms with Crippen molar-refractivity contribution in [3.63, 3.8) is 0 Å². The molecule has 5 heteroatoms. The Morgan fingerprint density at radius 3 is 2.46 bits per heavy atom. The molecule has 0 saturated carbocycles. The largest absolute Gasteiger partial charge is 0.481 e. The average molecular weight is 354 g/mol. The van der Waals surface area contributed by atoms with Crippen LogP contribution in [0.1, 0.15) is 13.3 Å². The fourth-order valence-electron chi connectivity index (χ4n) is 3.18. The van der Waals surface area contributed by atoms with E-state index in [4.69, 9.17) is 4.74 Å². The molecule has 2 N–H and O–H groups in total. The van der Waals surface area contributed by atoms with Gasteiger partial charge in [0.05, 0.1) is 44.6 Å². The van der Waals surface area contributed by atoms with E-state index in [2.05, 4.69) is 23.3 Å². The van der Waals surface area contributed by atoms with Crippen molar-refractivity contribution >= 4 is 17.3 Å². The molecule has 0 bridgehead atoms. The lowest BCUT2D eigenvalue weighted by molar-refractivity contribution is -0.880. The second kappa shape index (κ2) is 8.72. The van der Waals surface area contributed by atoms with E-state index in [1.54, 1.807) is 4.90 Å². The maximum Gasteiger partial charge on any atom is 0.265 e. The Kier molecular flexibility index (Phi) is 6.12. The highest BCUT2D eigenvalue weighted by molar-refractivity contribution is 5.97. The van der Waals surface area contributed by atoms with Crippen LogP contribution in [-0.4, -0.2) is 45.2 Å². The van der Waals surface area contributed by atoms with Crippen LogP contribution in [0.4, 0.5) is 11.4 Å². The van der Waals surface area contributed by atoms with Gasteiger partial charge in [0.25, 0.3) is 5.91 Å². The Morgan fingerprint density at radius 2 is 1.77 bits per heavy atom. The molecule has 138 valence electrons. The number of likely N-dealkylation sites (N-methyl/N-ethyl adjacent to an activating group) is 1. The minimum absolute atomic E-state index is 0.108. The van der Waals surface area contributed by atoms with Gasteiger partial charge >= 0.3 is 0 Å². The number of carbonyl (C=O) groups excluding carboxylic acids is 1. The van der Waals surface area contributed by atoms with Gasteiger partial charge in [-0.25, -0.2) is 0 Å². The minimum Gasteiger partial charge on any atom is -0.481 e. The van der Waals surface area contributed by atoms with Crippen LogP contribution in [0.5, 0.6) is 5.75 Å². The Balaban J connectivity index is 1.70. The summed E-state index contributed by atoms with van der Waals surface area (Å²) in [5.41, 5.74) is 1.94. The molecule has 0 spiro atoms. The molecule has 0 aliphatic carbocycles. The van der Waals surface area contributed by atoms with E-state index in [-0.39, 0.29) is 5.91 Å². The first-order chi connectivity index (χ1) is 12.7. The van der Waals surface area contributed by atoms with Crippen LogP contribution in [0.3, 0.4) is 0 Å². The highest BCUT2D eigenvalue weighted by Gasteiger charge is 2.23. The topological polar surface area (TPSA) is 46.0 Å². The lowest BCUT2D eigenvalue weighted by Gasteiger charge is -2.33. The molecule has 1 fully saturated rings. The van der Waals surface area contributed by atoms with Crippen molar-refractivity contribution < 1.29 is 14.4 Å². The molecule has 0 radical (unpaired) electrons. The van der Waals surface area contributed by atoms with Crippen molar-refractivity contribution in [1.82, 2.24) is 0 Å². The number of nitrogens with one attached hydrogen (secondary N) is 2. The normalized spacial score (nSPS) is 16.2. The van der Waals surface area contributed by atoms with E-state index >= 15 is 0 Å². The van der Waals surface area contributed by atoms with E-state index in [1.165, 1.54) is 0 Å². The molecule has 5 nitrogen and oxygen atoms in total. The monoisotopic (exact) mass is 354 g/mol. The third kappa shape index (κ3) is 4.55. The van der Waals surface area contributed by atoms with E-state index in [1.807, 2.05) is 55.5 Å². The number of carbonyl (C=O) groups is 1. The number of benzene rings is 2. The first kappa shape index (κ1) is 18.3. The maximum absolute atomic E-state index is 12.8. The smallest absolute Gasteiger partial charge is 0.265 e. The summed E-state index contributed by atoms with van der Waals surface area (Å²) in [4.78, 5) is 16.7. The summed E-state index contributed by atoms with van der Waals surface area (Å²) >= 11 is 0. The second-order valence-electron chi connectivity index (χ2n) is 6.78. The Labute approximate surface area is 155 Å². The molecule has 1 aliphatic rings. The van der Waals surface area contributed by atoms with Crippen molar-refractivity contribution in [1.29, 1.82) is 0 Å². The summed E-state index contributed by atoms with van der Waals surface area (Å²) in [5.74, 6) is 0.605. The van der Waals surface area contributed by atoms with Crippen LogP contribution >= 0.6 is 0 Å². The first-order valence-electron chi connectivity index (χ1n) is 9.35. The number of piperazine rings is 1. The standard InChI is InChI=1S/C21H27N3O2/c1-3-20(26-17-9-5-4-6-10-17)21(25)22-18-11-7-8-12-19(18)24-15-13-23(2)14-16-24/h4-12,20H,3,13-16H2,1-2H3,(H,22,25)/p+1/t20-/m0/s1. The number of hydrogen-bond donors (Lipinski definition) is 2. The van der Waals surface area contributed by atoms with Gasteiger partial charge in [-0.3, -0.25) is 4.79 Å². The van der Waals surface area contributed by atoms with Crippen LogP contribution in [-0.2, 0) is 4.79 Å². The number of quaternary nitrogens is 1. The van der Waals surface area contributed by atoms with Crippen LogP contribution in [0, 0.1) is 0 Å². The van der Waals surface area contributed by atoms with Crippen LogP contribution in [0.2, 0.25) is 0 Å². The average Bonchev–Trinajstić information content (AvgIpc) is 2.68. The molecule has 1 saturated heterocycles. The molecular weight excluding hydrogens is 326 g/mol. The fourth-order valence-corrected chi connectivity index (χ4v) is 3.18. The van der Waals surface area contributed by atoms with Gasteiger partial charge in [-0.15, -0.1) is 0 Å². The molecule has 1 atom stereocenters. The number of nitrogens with zero attached hydrogens (tertiary/aromatic N) is 1. The maximum atomic E-state index is 12.8. The van der Waals surface area contributed by atoms with Crippen molar-refractivity contribution in [2.24, 2.45) is 0 Å².